The predicted octanol–water partition coefficient (Wildman–Crippen LogP) is 2.31. The zero-order valence-corrected chi connectivity index (χ0v) is 13.8. The fraction of sp³-hybridized carbons (Fsp3) is 0.615. The largest absolute Gasteiger partial charge is 0.369 e. The van der Waals surface area contributed by atoms with E-state index in [1.54, 1.807) is 13.0 Å². The van der Waals surface area contributed by atoms with E-state index in [0.29, 0.717) is 12.5 Å². The molecule has 0 spiro atoms. The van der Waals surface area contributed by atoms with Crippen LogP contribution in [0, 0.1) is 12.8 Å². The molecule has 0 saturated heterocycles. The molecule has 0 fully saturated rings. The Hall–Kier alpha value is -0.920. The fourth-order valence-electron chi connectivity index (χ4n) is 1.38. The maximum absolute atomic E-state index is 12.0. The van der Waals surface area contributed by atoms with Gasteiger partial charge in [0.1, 0.15) is 10.3 Å². The molecule has 0 aromatic carbocycles. The molecule has 0 unspecified atom stereocenters. The van der Waals surface area contributed by atoms with E-state index in [1.807, 2.05) is 11.6 Å². The lowest BCUT2D eigenvalue weighted by Gasteiger charge is -2.13. The number of aryl methyl sites for hydroxylation is 1. The number of carbonyl (C=O) groups excluding carboxylic acids is 1. The van der Waals surface area contributed by atoms with E-state index >= 15 is 0 Å². The van der Waals surface area contributed by atoms with Crippen LogP contribution in [-0.2, 0) is 19.6 Å². The second kappa shape index (κ2) is 7.19. The molecule has 1 heterocycles. The van der Waals surface area contributed by atoms with Gasteiger partial charge < -0.3 is 4.74 Å². The van der Waals surface area contributed by atoms with Crippen LogP contribution < -0.4 is 4.72 Å². The lowest BCUT2D eigenvalue weighted by atomic mass is 10.1. The number of hydrogen-bond acceptors (Lipinski definition) is 5. The van der Waals surface area contributed by atoms with Crippen LogP contribution >= 0.6 is 11.3 Å². The first-order valence-electron chi connectivity index (χ1n) is 6.47. The Bertz CT molecular complexity index is 548. The van der Waals surface area contributed by atoms with Crippen LogP contribution in [0.5, 0.6) is 0 Å². The standard InChI is InChI=1S/C13H21NO4S2/c1-9(2)7-8-18-11(4)13(15)14-20(16,17)12-6-5-10(3)19-12/h5-6,9,11H,7-8H2,1-4H3,(H,14,15)/t11-/m0/s1. The fourth-order valence-corrected chi connectivity index (χ4v) is 3.70. The molecule has 0 aliphatic rings. The van der Waals surface area contributed by atoms with Gasteiger partial charge in [-0.3, -0.25) is 4.79 Å². The van der Waals surface area contributed by atoms with Crippen LogP contribution in [0.15, 0.2) is 16.3 Å². The molecule has 114 valence electrons. The van der Waals surface area contributed by atoms with Crippen molar-refractivity contribution in [3.05, 3.63) is 17.0 Å². The van der Waals surface area contributed by atoms with Gasteiger partial charge in [0.2, 0.25) is 0 Å². The first-order chi connectivity index (χ1) is 9.22. The van der Waals surface area contributed by atoms with Crippen molar-refractivity contribution in [3.63, 3.8) is 0 Å². The SMILES string of the molecule is Cc1ccc(S(=O)(=O)NC(=O)[C@H](C)OCCC(C)C)s1. The summed E-state index contributed by atoms with van der Waals surface area (Å²) in [5, 5.41) is 0. The van der Waals surface area contributed by atoms with Crippen LogP contribution in [0.25, 0.3) is 0 Å². The maximum atomic E-state index is 12.0. The molecule has 0 bridgehead atoms. The average molecular weight is 319 g/mol. The number of rotatable bonds is 7. The quantitative estimate of drug-likeness (QED) is 0.837. The minimum absolute atomic E-state index is 0.137. The number of amides is 1. The number of sulfonamides is 1. The van der Waals surface area contributed by atoms with Crippen LogP contribution in [-0.4, -0.2) is 27.0 Å². The third kappa shape index (κ3) is 5.22. The van der Waals surface area contributed by atoms with E-state index in [9.17, 15) is 13.2 Å². The van der Waals surface area contributed by atoms with Gasteiger partial charge in [0.05, 0.1) is 0 Å². The van der Waals surface area contributed by atoms with Crippen molar-refractivity contribution in [2.24, 2.45) is 5.92 Å². The molecule has 0 saturated carbocycles. The minimum atomic E-state index is -3.79. The van der Waals surface area contributed by atoms with Gasteiger partial charge in [-0.1, -0.05) is 13.8 Å². The van der Waals surface area contributed by atoms with Crippen molar-refractivity contribution < 1.29 is 17.9 Å². The van der Waals surface area contributed by atoms with E-state index in [0.717, 1.165) is 22.6 Å². The molecule has 0 aliphatic carbocycles. The molecule has 1 amide bonds. The van der Waals surface area contributed by atoms with E-state index in [-0.39, 0.29) is 4.21 Å². The Balaban J connectivity index is 2.56. The molecule has 5 nitrogen and oxygen atoms in total. The van der Waals surface area contributed by atoms with Crippen LogP contribution in [0.3, 0.4) is 0 Å². The van der Waals surface area contributed by atoms with Gasteiger partial charge in [-0.2, -0.15) is 0 Å². The topological polar surface area (TPSA) is 72.5 Å². The Kier molecular flexibility index (Phi) is 6.16. The van der Waals surface area contributed by atoms with Gasteiger partial charge in [0, 0.05) is 11.5 Å². The van der Waals surface area contributed by atoms with Crippen LogP contribution in [0.1, 0.15) is 32.1 Å². The van der Waals surface area contributed by atoms with Crippen molar-refractivity contribution in [3.8, 4) is 0 Å². The molecule has 1 aromatic heterocycles. The molecule has 1 aromatic rings. The summed E-state index contributed by atoms with van der Waals surface area (Å²) in [6.07, 6.45) is 0.0404. The summed E-state index contributed by atoms with van der Waals surface area (Å²) in [5.74, 6) is -0.164. The Morgan fingerprint density at radius 2 is 2.00 bits per heavy atom. The van der Waals surface area contributed by atoms with Gasteiger partial charge in [-0.05, 0) is 38.3 Å². The summed E-state index contributed by atoms with van der Waals surface area (Å²) in [4.78, 5) is 12.7. The second-order valence-corrected chi connectivity index (χ2v) is 8.23. The van der Waals surface area contributed by atoms with Crippen molar-refractivity contribution in [1.29, 1.82) is 0 Å². The number of carbonyl (C=O) groups is 1. The van der Waals surface area contributed by atoms with Gasteiger partial charge in [0.25, 0.3) is 15.9 Å². The molecule has 20 heavy (non-hydrogen) atoms. The second-order valence-electron chi connectivity index (χ2n) is 5.03. The van der Waals surface area contributed by atoms with E-state index in [2.05, 4.69) is 13.8 Å². The molecule has 1 rings (SSSR count). The lowest BCUT2D eigenvalue weighted by Crippen LogP contribution is -2.38. The highest BCUT2D eigenvalue weighted by Gasteiger charge is 2.23. The number of thiophene rings is 1. The average Bonchev–Trinajstić information content (AvgIpc) is 2.75. The predicted molar refractivity (Wildman–Crippen MR) is 79.3 cm³/mol. The third-order valence-electron chi connectivity index (χ3n) is 2.65. The smallest absolute Gasteiger partial charge is 0.273 e. The number of nitrogens with one attached hydrogen (secondary N) is 1. The first kappa shape index (κ1) is 17.1. The van der Waals surface area contributed by atoms with Gasteiger partial charge in [-0.25, -0.2) is 13.1 Å². The highest BCUT2D eigenvalue weighted by atomic mass is 32.2. The van der Waals surface area contributed by atoms with E-state index in [4.69, 9.17) is 4.74 Å². The van der Waals surface area contributed by atoms with Gasteiger partial charge >= 0.3 is 0 Å². The van der Waals surface area contributed by atoms with Gasteiger partial charge in [0.15, 0.2) is 0 Å². The Labute approximate surface area is 124 Å². The molecular weight excluding hydrogens is 298 g/mol. The molecule has 1 N–H and O–H groups in total. The number of ether oxygens (including phenoxy) is 1. The van der Waals surface area contributed by atoms with E-state index < -0.39 is 22.0 Å². The summed E-state index contributed by atoms with van der Waals surface area (Å²) in [5.41, 5.74) is 0. The molecule has 7 heteroatoms. The van der Waals surface area contributed by atoms with Crippen LogP contribution in [0.2, 0.25) is 0 Å². The normalized spacial score (nSPS) is 13.4. The highest BCUT2D eigenvalue weighted by Crippen LogP contribution is 2.20. The Morgan fingerprint density at radius 1 is 1.35 bits per heavy atom. The van der Waals surface area contributed by atoms with E-state index in [1.165, 1.54) is 6.07 Å². The Morgan fingerprint density at radius 3 is 2.50 bits per heavy atom. The van der Waals surface area contributed by atoms with Crippen molar-refractivity contribution in [2.75, 3.05) is 6.61 Å². The maximum Gasteiger partial charge on any atom is 0.273 e. The molecule has 1 atom stereocenters. The van der Waals surface area contributed by atoms with Crippen molar-refractivity contribution in [2.45, 2.75) is 44.4 Å². The zero-order chi connectivity index (χ0) is 15.3. The van der Waals surface area contributed by atoms with Crippen LogP contribution in [0.4, 0.5) is 0 Å². The molecule has 0 radical (unpaired) electrons. The molecule has 0 aliphatic heterocycles. The lowest BCUT2D eigenvalue weighted by molar-refractivity contribution is -0.130. The summed E-state index contributed by atoms with van der Waals surface area (Å²) < 4.78 is 31.4. The molecular formula is C13H21NO4S2. The third-order valence-corrected chi connectivity index (χ3v) is 5.49. The van der Waals surface area contributed by atoms with Crippen molar-refractivity contribution in [1.82, 2.24) is 4.72 Å². The highest BCUT2D eigenvalue weighted by molar-refractivity contribution is 7.92. The summed E-state index contributed by atoms with van der Waals surface area (Å²) in [7, 11) is -3.79. The van der Waals surface area contributed by atoms with Crippen molar-refractivity contribution >= 4 is 27.3 Å². The van der Waals surface area contributed by atoms with Gasteiger partial charge in [-0.15, -0.1) is 11.3 Å². The minimum Gasteiger partial charge on any atom is -0.369 e. The summed E-state index contributed by atoms with van der Waals surface area (Å²) in [6.45, 7) is 7.90. The first-order valence-corrected chi connectivity index (χ1v) is 8.77. The summed E-state index contributed by atoms with van der Waals surface area (Å²) in [6, 6.07) is 3.19. The summed E-state index contributed by atoms with van der Waals surface area (Å²) >= 11 is 1.13. The zero-order valence-electron chi connectivity index (χ0n) is 12.2. The number of hydrogen-bond donors (Lipinski definition) is 1. The monoisotopic (exact) mass is 319 g/mol.